The van der Waals surface area contributed by atoms with Crippen LogP contribution >= 0.6 is 11.8 Å². The van der Waals surface area contributed by atoms with E-state index >= 15 is 0 Å². The van der Waals surface area contributed by atoms with Gasteiger partial charge in [-0.1, -0.05) is 26.2 Å². The van der Waals surface area contributed by atoms with Crippen molar-refractivity contribution in [1.82, 2.24) is 9.88 Å². The fourth-order valence-electron chi connectivity index (χ4n) is 3.41. The van der Waals surface area contributed by atoms with Gasteiger partial charge in [-0.15, -0.1) is 0 Å². The van der Waals surface area contributed by atoms with Gasteiger partial charge in [-0.25, -0.2) is 0 Å². The van der Waals surface area contributed by atoms with Crippen LogP contribution in [0, 0.1) is 13.8 Å². The van der Waals surface area contributed by atoms with Crippen LogP contribution in [-0.2, 0) is 0 Å². The van der Waals surface area contributed by atoms with Gasteiger partial charge >= 0.3 is 0 Å². The summed E-state index contributed by atoms with van der Waals surface area (Å²) < 4.78 is 0. The Bertz CT molecular complexity index is 591. The second kappa shape index (κ2) is 8.57. The number of aromatic amines is 1. The van der Waals surface area contributed by atoms with Crippen LogP contribution in [0.25, 0.3) is 0 Å². The molecule has 0 saturated heterocycles. The van der Waals surface area contributed by atoms with Crippen molar-refractivity contribution in [3.63, 3.8) is 0 Å². The molecule has 0 atom stereocenters. The lowest BCUT2D eigenvalue weighted by Crippen LogP contribution is -2.45. The first kappa shape index (κ1) is 18.1. The smallest absolute Gasteiger partial charge is 0.261 e. The van der Waals surface area contributed by atoms with Crippen molar-refractivity contribution < 1.29 is 4.79 Å². The summed E-state index contributed by atoms with van der Waals surface area (Å²) in [5, 5.41) is 0. The number of nitrogens with zero attached hydrogens (tertiary/aromatic N) is 1. The van der Waals surface area contributed by atoms with E-state index in [4.69, 9.17) is 0 Å². The number of aromatic nitrogens is 1. The van der Waals surface area contributed by atoms with E-state index in [0.29, 0.717) is 5.56 Å². The maximum atomic E-state index is 13.1. The number of nitrogens with one attached hydrogen (secondary N) is 1. The van der Waals surface area contributed by atoms with Crippen molar-refractivity contribution >= 4 is 17.7 Å². The fourth-order valence-corrected chi connectivity index (χ4v) is 4.03. The van der Waals surface area contributed by atoms with Gasteiger partial charge in [0, 0.05) is 24.0 Å². The van der Waals surface area contributed by atoms with Crippen LogP contribution in [0.5, 0.6) is 0 Å². The van der Waals surface area contributed by atoms with E-state index in [0.717, 1.165) is 42.1 Å². The van der Waals surface area contributed by atoms with E-state index in [9.17, 15) is 9.59 Å². The van der Waals surface area contributed by atoms with Crippen molar-refractivity contribution in [1.29, 1.82) is 0 Å². The third-order valence-corrected chi connectivity index (χ3v) is 5.42. The Hall–Kier alpha value is -1.23. The van der Waals surface area contributed by atoms with Gasteiger partial charge in [0.2, 0.25) is 0 Å². The lowest BCUT2D eigenvalue weighted by atomic mass is 9.93. The topological polar surface area (TPSA) is 53.2 Å². The summed E-state index contributed by atoms with van der Waals surface area (Å²) in [5.41, 5.74) is 1.65. The van der Waals surface area contributed by atoms with Crippen molar-refractivity contribution in [3.05, 3.63) is 33.2 Å². The largest absolute Gasteiger partial charge is 0.335 e. The van der Waals surface area contributed by atoms with Crippen molar-refractivity contribution in [2.24, 2.45) is 0 Å². The molecule has 1 saturated carbocycles. The average molecular weight is 337 g/mol. The molecule has 1 amide bonds. The Morgan fingerprint density at radius 2 is 2.00 bits per heavy atom. The molecule has 5 heteroatoms. The second-order valence-corrected chi connectivity index (χ2v) is 7.72. The molecule has 1 aliphatic carbocycles. The Morgan fingerprint density at radius 1 is 1.30 bits per heavy atom. The van der Waals surface area contributed by atoms with E-state index in [1.54, 1.807) is 0 Å². The summed E-state index contributed by atoms with van der Waals surface area (Å²) in [7, 11) is 0. The third kappa shape index (κ3) is 4.63. The molecule has 0 radical (unpaired) electrons. The number of carbonyl (C=O) groups excluding carboxylic acids is 1. The monoisotopic (exact) mass is 336 g/mol. The normalized spacial score (nSPS) is 15.6. The Kier molecular flexibility index (Phi) is 6.75. The zero-order valence-electron chi connectivity index (χ0n) is 14.5. The lowest BCUT2D eigenvalue weighted by molar-refractivity contribution is 0.0648. The molecule has 1 fully saturated rings. The molecule has 0 spiro atoms. The van der Waals surface area contributed by atoms with Crippen LogP contribution < -0.4 is 5.56 Å². The first-order valence-electron chi connectivity index (χ1n) is 8.63. The van der Waals surface area contributed by atoms with Crippen LogP contribution in [-0.4, -0.2) is 39.9 Å². The van der Waals surface area contributed by atoms with Gasteiger partial charge in [-0.05, 0) is 44.1 Å². The first-order valence-corrected chi connectivity index (χ1v) is 9.79. The Labute approximate surface area is 143 Å². The number of carbonyl (C=O) groups is 1. The zero-order chi connectivity index (χ0) is 16.8. The van der Waals surface area contributed by atoms with E-state index in [-0.39, 0.29) is 17.5 Å². The van der Waals surface area contributed by atoms with E-state index in [1.165, 1.54) is 19.3 Å². The summed E-state index contributed by atoms with van der Waals surface area (Å²) in [4.78, 5) is 30.1. The molecule has 4 nitrogen and oxygen atoms in total. The minimum atomic E-state index is -0.253. The van der Waals surface area contributed by atoms with Crippen LogP contribution in [0.2, 0.25) is 0 Å². The molecule has 0 unspecified atom stereocenters. The summed E-state index contributed by atoms with van der Waals surface area (Å²) >= 11 is 1.84. The Balaban J connectivity index is 2.26. The minimum absolute atomic E-state index is 0.0904. The van der Waals surface area contributed by atoms with E-state index < -0.39 is 0 Å². The maximum Gasteiger partial charge on any atom is 0.261 e. The number of hydrogen-bond donors (Lipinski definition) is 1. The highest BCUT2D eigenvalue weighted by atomic mass is 32.2. The predicted octanol–water partition coefficient (Wildman–Crippen LogP) is 3.52. The highest BCUT2D eigenvalue weighted by molar-refractivity contribution is 7.99. The van der Waals surface area contributed by atoms with Gasteiger partial charge in [-0.2, -0.15) is 11.8 Å². The molecular weight excluding hydrogens is 308 g/mol. The van der Waals surface area contributed by atoms with Gasteiger partial charge in [0.05, 0.1) is 0 Å². The predicted molar refractivity (Wildman–Crippen MR) is 97.4 cm³/mol. The molecule has 0 bridgehead atoms. The highest BCUT2D eigenvalue weighted by Crippen LogP contribution is 2.24. The number of hydrogen-bond acceptors (Lipinski definition) is 3. The number of thioether (sulfide) groups is 1. The molecule has 128 valence electrons. The molecule has 23 heavy (non-hydrogen) atoms. The number of pyridine rings is 1. The molecule has 1 aromatic heterocycles. The fraction of sp³-hybridized carbons (Fsp3) is 0.667. The standard InChI is InChI=1S/C18H28N2O2S/c1-4-23-11-10-20(15-8-6-5-7-9-15)18(22)16-13(2)12-14(3)19-17(16)21/h12,15H,4-11H2,1-3H3,(H,19,21). The summed E-state index contributed by atoms with van der Waals surface area (Å²) in [6.07, 6.45) is 5.74. The van der Waals surface area contributed by atoms with Gasteiger partial charge < -0.3 is 9.88 Å². The molecule has 1 aromatic rings. The minimum Gasteiger partial charge on any atom is -0.335 e. The molecule has 2 rings (SSSR count). The summed E-state index contributed by atoms with van der Waals surface area (Å²) in [5.74, 6) is 1.89. The third-order valence-electron chi connectivity index (χ3n) is 4.54. The Morgan fingerprint density at radius 3 is 2.61 bits per heavy atom. The highest BCUT2D eigenvalue weighted by Gasteiger charge is 2.28. The summed E-state index contributed by atoms with van der Waals surface area (Å²) in [6.45, 7) is 6.57. The van der Waals surface area contributed by atoms with Crippen LogP contribution in [0.15, 0.2) is 10.9 Å². The lowest BCUT2D eigenvalue weighted by Gasteiger charge is -2.34. The van der Waals surface area contributed by atoms with Gasteiger partial charge in [0.25, 0.3) is 11.5 Å². The molecule has 1 N–H and O–H groups in total. The quantitative estimate of drug-likeness (QED) is 0.809. The van der Waals surface area contributed by atoms with Gasteiger partial charge in [0.15, 0.2) is 0 Å². The molecule has 0 aromatic carbocycles. The molecule has 1 heterocycles. The van der Waals surface area contributed by atoms with Crippen molar-refractivity contribution in [3.8, 4) is 0 Å². The van der Waals surface area contributed by atoms with Crippen molar-refractivity contribution in [2.45, 2.75) is 58.9 Å². The molecule has 1 aliphatic rings. The van der Waals surface area contributed by atoms with E-state index in [1.807, 2.05) is 36.6 Å². The van der Waals surface area contributed by atoms with Crippen LogP contribution in [0.4, 0.5) is 0 Å². The maximum absolute atomic E-state index is 13.1. The first-order chi connectivity index (χ1) is 11.0. The molecular formula is C18H28N2O2S. The van der Waals surface area contributed by atoms with Crippen LogP contribution in [0.3, 0.4) is 0 Å². The SMILES string of the molecule is CCSCCN(C(=O)c1c(C)cc(C)[nH]c1=O)C1CCCCC1. The van der Waals surface area contributed by atoms with Gasteiger partial charge in [-0.3, -0.25) is 9.59 Å². The van der Waals surface area contributed by atoms with Crippen LogP contribution in [0.1, 0.15) is 60.6 Å². The second-order valence-electron chi connectivity index (χ2n) is 6.33. The van der Waals surface area contributed by atoms with E-state index in [2.05, 4.69) is 11.9 Å². The van der Waals surface area contributed by atoms with Gasteiger partial charge in [0.1, 0.15) is 5.56 Å². The molecule has 0 aliphatic heterocycles. The zero-order valence-corrected chi connectivity index (χ0v) is 15.3. The number of H-pyrrole nitrogens is 1. The van der Waals surface area contributed by atoms with Crippen molar-refractivity contribution in [2.75, 3.05) is 18.1 Å². The number of rotatable bonds is 6. The average Bonchev–Trinajstić information content (AvgIpc) is 2.51. The number of amides is 1. The number of aryl methyl sites for hydroxylation is 2. The summed E-state index contributed by atoms with van der Waals surface area (Å²) in [6, 6.07) is 2.17.